The van der Waals surface area contributed by atoms with E-state index in [1.165, 1.54) is 0 Å². The van der Waals surface area contributed by atoms with Crippen molar-refractivity contribution < 1.29 is 14.7 Å². The van der Waals surface area contributed by atoms with Gasteiger partial charge >= 0.3 is 12.0 Å². The summed E-state index contributed by atoms with van der Waals surface area (Å²) in [4.78, 5) is 25.0. The van der Waals surface area contributed by atoms with Gasteiger partial charge in [-0.05, 0) is 26.4 Å². The molecule has 2 unspecified atom stereocenters. The van der Waals surface area contributed by atoms with Crippen molar-refractivity contribution in [1.29, 1.82) is 0 Å². The number of unbranched alkanes of at least 4 members (excludes halogenated alkanes) is 1. The molecule has 0 aliphatic heterocycles. The van der Waals surface area contributed by atoms with E-state index in [0.29, 0.717) is 6.42 Å². The number of carbonyl (C=O) groups is 2. The van der Waals surface area contributed by atoms with E-state index < -0.39 is 18.0 Å². The Morgan fingerprint density at radius 2 is 1.75 bits per heavy atom. The summed E-state index contributed by atoms with van der Waals surface area (Å²) < 4.78 is 0. The highest BCUT2D eigenvalue weighted by Crippen LogP contribution is 2.01. The Bertz CT molecular complexity index is 293. The minimum atomic E-state index is -0.981. The minimum absolute atomic E-state index is 0.0180. The highest BCUT2D eigenvalue weighted by molar-refractivity contribution is 5.82. The van der Waals surface area contributed by atoms with Crippen LogP contribution in [0.15, 0.2) is 0 Å². The number of rotatable bonds is 10. The van der Waals surface area contributed by atoms with Crippen molar-refractivity contribution >= 4 is 12.0 Å². The van der Waals surface area contributed by atoms with Gasteiger partial charge in [0.25, 0.3) is 0 Å². The van der Waals surface area contributed by atoms with E-state index in [-0.39, 0.29) is 6.04 Å². The van der Waals surface area contributed by atoms with Gasteiger partial charge in [0.2, 0.25) is 0 Å². The molecule has 0 aromatic carbocycles. The number of hydrogen-bond acceptors (Lipinski definition) is 3. The zero-order valence-corrected chi connectivity index (χ0v) is 13.1. The van der Waals surface area contributed by atoms with E-state index in [0.717, 1.165) is 32.5 Å². The van der Waals surface area contributed by atoms with E-state index in [2.05, 4.69) is 29.4 Å². The van der Waals surface area contributed by atoms with Crippen molar-refractivity contribution in [2.75, 3.05) is 19.6 Å². The highest BCUT2D eigenvalue weighted by Gasteiger charge is 2.20. The lowest BCUT2D eigenvalue weighted by molar-refractivity contribution is -0.139. The summed E-state index contributed by atoms with van der Waals surface area (Å²) in [7, 11) is 0. The number of carbonyl (C=O) groups excluding carboxylic acids is 1. The van der Waals surface area contributed by atoms with Crippen LogP contribution in [0.5, 0.6) is 0 Å². The van der Waals surface area contributed by atoms with Crippen LogP contribution in [0.2, 0.25) is 0 Å². The molecule has 0 spiro atoms. The summed E-state index contributed by atoms with van der Waals surface area (Å²) in [5.74, 6) is -0.981. The summed E-state index contributed by atoms with van der Waals surface area (Å²) in [5, 5.41) is 14.4. The van der Waals surface area contributed by atoms with Crippen LogP contribution in [-0.4, -0.2) is 53.7 Å². The van der Waals surface area contributed by atoms with E-state index in [1.807, 2.05) is 13.8 Å². The zero-order chi connectivity index (χ0) is 15.5. The van der Waals surface area contributed by atoms with Crippen LogP contribution in [0, 0.1) is 0 Å². The Morgan fingerprint density at radius 3 is 2.20 bits per heavy atom. The molecule has 6 nitrogen and oxygen atoms in total. The van der Waals surface area contributed by atoms with Crippen molar-refractivity contribution in [3.8, 4) is 0 Å². The molecule has 0 saturated carbocycles. The molecule has 2 atom stereocenters. The molecule has 0 aromatic heterocycles. The second kappa shape index (κ2) is 10.5. The number of aliphatic carboxylic acids is 1. The van der Waals surface area contributed by atoms with Gasteiger partial charge in [0.1, 0.15) is 6.04 Å². The van der Waals surface area contributed by atoms with E-state index >= 15 is 0 Å². The number of likely N-dealkylation sites (N-methyl/N-ethyl adjacent to an activating group) is 1. The van der Waals surface area contributed by atoms with Crippen LogP contribution < -0.4 is 10.6 Å². The Labute approximate surface area is 121 Å². The number of nitrogens with one attached hydrogen (secondary N) is 2. The van der Waals surface area contributed by atoms with Crippen LogP contribution in [0.3, 0.4) is 0 Å². The van der Waals surface area contributed by atoms with Crippen LogP contribution in [0.25, 0.3) is 0 Å². The molecule has 0 aliphatic rings. The smallest absolute Gasteiger partial charge is 0.326 e. The molecule has 0 aliphatic carbocycles. The molecule has 0 radical (unpaired) electrons. The molecule has 0 rings (SSSR count). The molecule has 0 bridgehead atoms. The minimum Gasteiger partial charge on any atom is -0.480 e. The van der Waals surface area contributed by atoms with Crippen LogP contribution >= 0.6 is 0 Å². The SMILES string of the molecule is CCCCC(NC(=O)NC(C)CN(CC)CC)C(=O)O. The van der Waals surface area contributed by atoms with E-state index in [9.17, 15) is 9.59 Å². The van der Waals surface area contributed by atoms with E-state index in [4.69, 9.17) is 5.11 Å². The average Bonchev–Trinajstić information content (AvgIpc) is 2.40. The molecule has 0 fully saturated rings. The van der Waals surface area contributed by atoms with Gasteiger partial charge in [0.05, 0.1) is 0 Å². The summed E-state index contributed by atoms with van der Waals surface area (Å²) in [6.45, 7) is 10.7. The molecule has 118 valence electrons. The number of urea groups is 1. The predicted octanol–water partition coefficient (Wildman–Crippen LogP) is 1.66. The quantitative estimate of drug-likeness (QED) is 0.571. The fourth-order valence-electron chi connectivity index (χ4n) is 2.00. The highest BCUT2D eigenvalue weighted by atomic mass is 16.4. The van der Waals surface area contributed by atoms with Gasteiger partial charge in [0, 0.05) is 12.6 Å². The largest absolute Gasteiger partial charge is 0.480 e. The molecular weight excluding hydrogens is 258 g/mol. The number of carboxylic acid groups (broad SMARTS) is 1. The van der Waals surface area contributed by atoms with Crippen LogP contribution in [0.1, 0.15) is 47.0 Å². The summed E-state index contributed by atoms with van der Waals surface area (Å²) in [6.07, 6.45) is 2.15. The molecule has 0 saturated heterocycles. The lowest BCUT2D eigenvalue weighted by Crippen LogP contribution is -2.50. The number of amides is 2. The normalized spacial score (nSPS) is 13.8. The monoisotopic (exact) mass is 287 g/mol. The first-order valence-electron chi connectivity index (χ1n) is 7.46. The molecule has 0 heterocycles. The topological polar surface area (TPSA) is 81.7 Å². The van der Waals surface area contributed by atoms with Crippen molar-refractivity contribution in [3.63, 3.8) is 0 Å². The second-order valence-corrected chi connectivity index (χ2v) is 5.04. The first-order valence-corrected chi connectivity index (χ1v) is 7.46. The van der Waals surface area contributed by atoms with Crippen molar-refractivity contribution in [2.24, 2.45) is 0 Å². The third-order valence-corrected chi connectivity index (χ3v) is 3.25. The molecule has 3 N–H and O–H groups in total. The lowest BCUT2D eigenvalue weighted by atomic mass is 10.1. The average molecular weight is 287 g/mol. The third-order valence-electron chi connectivity index (χ3n) is 3.25. The maximum Gasteiger partial charge on any atom is 0.326 e. The van der Waals surface area contributed by atoms with Gasteiger partial charge in [-0.2, -0.15) is 0 Å². The number of hydrogen-bond donors (Lipinski definition) is 3. The van der Waals surface area contributed by atoms with Crippen molar-refractivity contribution in [1.82, 2.24) is 15.5 Å². The fraction of sp³-hybridized carbons (Fsp3) is 0.857. The van der Waals surface area contributed by atoms with Gasteiger partial charge in [-0.3, -0.25) is 0 Å². The number of carboxylic acids is 1. The Morgan fingerprint density at radius 1 is 1.15 bits per heavy atom. The maximum absolute atomic E-state index is 11.8. The van der Waals surface area contributed by atoms with Gasteiger partial charge in [-0.1, -0.05) is 33.6 Å². The van der Waals surface area contributed by atoms with Crippen LogP contribution in [0.4, 0.5) is 4.79 Å². The fourth-order valence-corrected chi connectivity index (χ4v) is 2.00. The van der Waals surface area contributed by atoms with Gasteiger partial charge in [-0.25, -0.2) is 9.59 Å². The lowest BCUT2D eigenvalue weighted by Gasteiger charge is -2.24. The Kier molecular flexibility index (Phi) is 9.80. The number of nitrogens with zero attached hydrogens (tertiary/aromatic N) is 1. The molecule has 0 aromatic rings. The predicted molar refractivity (Wildman–Crippen MR) is 79.9 cm³/mol. The molecular formula is C14H29N3O3. The molecule has 2 amide bonds. The first-order chi connectivity index (χ1) is 9.44. The summed E-state index contributed by atoms with van der Waals surface area (Å²) in [6, 6.07) is -1.24. The molecule has 6 heteroatoms. The summed E-state index contributed by atoms with van der Waals surface area (Å²) >= 11 is 0. The van der Waals surface area contributed by atoms with Crippen molar-refractivity contribution in [3.05, 3.63) is 0 Å². The zero-order valence-electron chi connectivity index (χ0n) is 13.1. The van der Waals surface area contributed by atoms with Crippen molar-refractivity contribution in [2.45, 2.75) is 59.0 Å². The van der Waals surface area contributed by atoms with E-state index in [1.54, 1.807) is 0 Å². The van der Waals surface area contributed by atoms with Gasteiger partial charge in [0.15, 0.2) is 0 Å². The first kappa shape index (κ1) is 18.7. The van der Waals surface area contributed by atoms with Gasteiger partial charge < -0.3 is 20.6 Å². The Hall–Kier alpha value is -1.30. The Balaban J connectivity index is 4.20. The molecule has 20 heavy (non-hydrogen) atoms. The summed E-state index contributed by atoms with van der Waals surface area (Å²) in [5.41, 5.74) is 0. The standard InChI is InChI=1S/C14H29N3O3/c1-5-8-9-12(13(18)19)16-14(20)15-11(4)10-17(6-2)7-3/h11-12H,5-10H2,1-4H3,(H,18,19)(H2,15,16,20). The van der Waals surface area contributed by atoms with Crippen LogP contribution in [-0.2, 0) is 4.79 Å². The maximum atomic E-state index is 11.8. The van der Waals surface area contributed by atoms with Gasteiger partial charge in [-0.15, -0.1) is 0 Å². The second-order valence-electron chi connectivity index (χ2n) is 5.04. The third kappa shape index (κ3) is 7.99.